The van der Waals surface area contributed by atoms with Gasteiger partial charge in [-0.3, -0.25) is 9.36 Å². The summed E-state index contributed by atoms with van der Waals surface area (Å²) in [5.74, 6) is 0.424. The lowest BCUT2D eigenvalue weighted by molar-refractivity contribution is 0.0450. The Morgan fingerprint density at radius 2 is 1.90 bits per heavy atom. The third-order valence-corrected chi connectivity index (χ3v) is 4.95. The SMILES string of the molecule is O=C(OCCOc1ccc(F)cc1)c1ccc2c(=O)n3c(nc2c1)CCCCC3. The highest BCUT2D eigenvalue weighted by molar-refractivity contribution is 5.94. The molecule has 0 bridgehead atoms. The van der Waals surface area contributed by atoms with Crippen molar-refractivity contribution in [2.24, 2.45) is 0 Å². The molecular formula is C22H21FN2O4. The van der Waals surface area contributed by atoms with E-state index in [0.717, 1.165) is 31.5 Å². The summed E-state index contributed by atoms with van der Waals surface area (Å²) >= 11 is 0. The Labute approximate surface area is 166 Å². The van der Waals surface area contributed by atoms with Gasteiger partial charge in [0.1, 0.15) is 30.6 Å². The van der Waals surface area contributed by atoms with Gasteiger partial charge in [-0.2, -0.15) is 0 Å². The molecule has 0 atom stereocenters. The summed E-state index contributed by atoms with van der Waals surface area (Å²) in [5, 5.41) is 0.506. The second-order valence-electron chi connectivity index (χ2n) is 6.97. The number of esters is 1. The van der Waals surface area contributed by atoms with Crippen molar-refractivity contribution in [2.45, 2.75) is 32.2 Å². The van der Waals surface area contributed by atoms with Gasteiger partial charge in [0.05, 0.1) is 16.5 Å². The predicted octanol–water partition coefficient (Wildman–Crippen LogP) is 3.50. The Balaban J connectivity index is 1.43. The van der Waals surface area contributed by atoms with Crippen molar-refractivity contribution < 1.29 is 18.7 Å². The van der Waals surface area contributed by atoms with Crippen LogP contribution in [0.25, 0.3) is 10.9 Å². The van der Waals surface area contributed by atoms with Crippen molar-refractivity contribution in [2.75, 3.05) is 13.2 Å². The molecule has 4 rings (SSSR count). The highest BCUT2D eigenvalue weighted by Gasteiger charge is 2.15. The average Bonchev–Trinajstić information content (AvgIpc) is 2.98. The quantitative estimate of drug-likeness (QED) is 0.488. The smallest absolute Gasteiger partial charge is 0.338 e. The van der Waals surface area contributed by atoms with Crippen LogP contribution in [0.1, 0.15) is 35.4 Å². The van der Waals surface area contributed by atoms with Gasteiger partial charge >= 0.3 is 5.97 Å². The molecule has 0 saturated carbocycles. The summed E-state index contributed by atoms with van der Waals surface area (Å²) in [4.78, 5) is 29.7. The molecule has 0 fully saturated rings. The normalized spacial score (nSPS) is 13.6. The number of carbonyl (C=O) groups excluding carboxylic acids is 1. The topological polar surface area (TPSA) is 70.4 Å². The van der Waals surface area contributed by atoms with Gasteiger partial charge < -0.3 is 9.47 Å². The molecule has 1 aliphatic heterocycles. The molecule has 0 unspecified atom stereocenters. The fraction of sp³-hybridized carbons (Fsp3) is 0.318. The van der Waals surface area contributed by atoms with Crippen LogP contribution in [0.5, 0.6) is 5.75 Å². The van der Waals surface area contributed by atoms with Crippen molar-refractivity contribution >= 4 is 16.9 Å². The zero-order valence-electron chi connectivity index (χ0n) is 15.9. The molecule has 1 aromatic heterocycles. The van der Waals surface area contributed by atoms with Crippen LogP contribution in [0.15, 0.2) is 47.3 Å². The number of benzene rings is 2. The number of hydrogen-bond donors (Lipinski definition) is 0. The molecule has 1 aliphatic rings. The van der Waals surface area contributed by atoms with E-state index >= 15 is 0 Å². The zero-order chi connectivity index (χ0) is 20.2. The van der Waals surface area contributed by atoms with Gasteiger partial charge in [0, 0.05) is 13.0 Å². The van der Waals surface area contributed by atoms with Gasteiger partial charge in [-0.05, 0) is 55.3 Å². The molecule has 0 saturated heterocycles. The van der Waals surface area contributed by atoms with E-state index in [1.165, 1.54) is 24.3 Å². The van der Waals surface area contributed by atoms with E-state index in [0.29, 0.717) is 28.8 Å². The number of ether oxygens (including phenoxy) is 2. The summed E-state index contributed by atoms with van der Waals surface area (Å²) in [7, 11) is 0. The molecule has 3 aromatic rings. The lowest BCUT2D eigenvalue weighted by Gasteiger charge is -2.11. The minimum Gasteiger partial charge on any atom is -0.490 e. The maximum atomic E-state index is 12.9. The van der Waals surface area contributed by atoms with Crippen molar-refractivity contribution in [1.82, 2.24) is 9.55 Å². The van der Waals surface area contributed by atoms with Crippen molar-refractivity contribution in [3.8, 4) is 5.75 Å². The number of rotatable bonds is 5. The lowest BCUT2D eigenvalue weighted by Crippen LogP contribution is -2.24. The van der Waals surface area contributed by atoms with Gasteiger partial charge in [-0.15, -0.1) is 0 Å². The summed E-state index contributed by atoms with van der Waals surface area (Å²) in [5.41, 5.74) is 0.796. The third kappa shape index (κ3) is 4.29. The van der Waals surface area contributed by atoms with Gasteiger partial charge in [-0.1, -0.05) is 6.42 Å². The van der Waals surface area contributed by atoms with Crippen LogP contribution < -0.4 is 10.3 Å². The first-order valence-corrected chi connectivity index (χ1v) is 9.71. The third-order valence-electron chi connectivity index (χ3n) is 4.95. The Bertz CT molecular complexity index is 1090. The molecule has 2 heterocycles. The maximum absolute atomic E-state index is 12.9. The fourth-order valence-corrected chi connectivity index (χ4v) is 3.45. The van der Waals surface area contributed by atoms with Crippen molar-refractivity contribution in [3.63, 3.8) is 0 Å². The van der Waals surface area contributed by atoms with Crippen LogP contribution in [-0.4, -0.2) is 28.7 Å². The molecule has 0 amide bonds. The molecule has 150 valence electrons. The highest BCUT2D eigenvalue weighted by Crippen LogP contribution is 2.17. The second kappa shape index (κ2) is 8.43. The van der Waals surface area contributed by atoms with E-state index in [1.54, 1.807) is 22.8 Å². The first-order valence-electron chi connectivity index (χ1n) is 9.71. The summed E-state index contributed by atoms with van der Waals surface area (Å²) < 4.78 is 25.3. The number of fused-ring (bicyclic) bond motifs is 2. The van der Waals surface area contributed by atoms with Crippen molar-refractivity contribution in [3.05, 3.63) is 70.0 Å². The first kappa shape index (κ1) is 19.1. The Morgan fingerprint density at radius 3 is 2.72 bits per heavy atom. The minimum atomic E-state index is -0.508. The first-order chi connectivity index (χ1) is 14.1. The molecule has 2 aromatic carbocycles. The second-order valence-corrected chi connectivity index (χ2v) is 6.97. The zero-order valence-corrected chi connectivity index (χ0v) is 15.9. The van der Waals surface area contributed by atoms with Gasteiger partial charge in [0.2, 0.25) is 0 Å². The van der Waals surface area contributed by atoms with Crippen LogP contribution >= 0.6 is 0 Å². The Kier molecular flexibility index (Phi) is 5.55. The predicted molar refractivity (Wildman–Crippen MR) is 106 cm³/mol. The maximum Gasteiger partial charge on any atom is 0.338 e. The Hall–Kier alpha value is -3.22. The molecule has 6 nitrogen and oxygen atoms in total. The summed E-state index contributed by atoms with van der Waals surface area (Å²) in [6.45, 7) is 0.890. The van der Waals surface area contributed by atoms with Gasteiger partial charge in [0.15, 0.2) is 0 Å². The highest BCUT2D eigenvalue weighted by atomic mass is 19.1. The van der Waals surface area contributed by atoms with E-state index in [2.05, 4.69) is 4.98 Å². The molecule has 29 heavy (non-hydrogen) atoms. The number of halogens is 1. The van der Waals surface area contributed by atoms with E-state index < -0.39 is 5.97 Å². The summed E-state index contributed by atoms with van der Waals surface area (Å²) in [6, 6.07) is 10.4. The standard InChI is InChI=1S/C22H21FN2O4/c23-16-6-8-17(9-7-16)28-12-13-29-22(27)15-5-10-18-19(14-15)24-20-4-2-1-3-11-25(20)21(18)26/h5-10,14H,1-4,11-13H2. The number of carbonyl (C=O) groups is 1. The molecule has 0 spiro atoms. The molecule has 0 N–H and O–H groups in total. The van der Waals surface area contributed by atoms with Crippen LogP contribution in [-0.2, 0) is 17.7 Å². The minimum absolute atomic E-state index is 0.0501. The molecule has 7 heteroatoms. The van der Waals surface area contributed by atoms with Crippen LogP contribution in [0, 0.1) is 5.82 Å². The van der Waals surface area contributed by atoms with Crippen LogP contribution in [0.4, 0.5) is 4.39 Å². The molecule has 0 radical (unpaired) electrons. The average molecular weight is 396 g/mol. The molecular weight excluding hydrogens is 375 g/mol. The van der Waals surface area contributed by atoms with Crippen LogP contribution in [0.2, 0.25) is 0 Å². The van der Waals surface area contributed by atoms with E-state index in [1.807, 2.05) is 0 Å². The van der Waals surface area contributed by atoms with Gasteiger partial charge in [0.25, 0.3) is 5.56 Å². The molecule has 0 aliphatic carbocycles. The van der Waals surface area contributed by atoms with E-state index in [4.69, 9.17) is 9.47 Å². The number of aryl methyl sites for hydroxylation is 1. The van der Waals surface area contributed by atoms with E-state index in [-0.39, 0.29) is 24.6 Å². The van der Waals surface area contributed by atoms with Gasteiger partial charge in [-0.25, -0.2) is 14.2 Å². The summed E-state index contributed by atoms with van der Waals surface area (Å²) in [6.07, 6.45) is 3.83. The Morgan fingerprint density at radius 1 is 1.07 bits per heavy atom. The van der Waals surface area contributed by atoms with Crippen molar-refractivity contribution in [1.29, 1.82) is 0 Å². The number of aromatic nitrogens is 2. The number of nitrogens with zero attached hydrogens (tertiary/aromatic N) is 2. The lowest BCUT2D eigenvalue weighted by atomic mass is 10.1. The van der Waals surface area contributed by atoms with Crippen LogP contribution in [0.3, 0.4) is 0 Å². The fourth-order valence-electron chi connectivity index (χ4n) is 3.45. The monoisotopic (exact) mass is 396 g/mol. The number of hydrogen-bond acceptors (Lipinski definition) is 5. The van der Waals surface area contributed by atoms with E-state index in [9.17, 15) is 14.0 Å². The largest absolute Gasteiger partial charge is 0.490 e.